The number of nitrogens with zero attached hydrogens (tertiary/aromatic N) is 7. The first-order chi connectivity index (χ1) is 15.0. The van der Waals surface area contributed by atoms with Crippen LogP contribution in [0.1, 0.15) is 23.3 Å². The Morgan fingerprint density at radius 1 is 1.03 bits per heavy atom. The maximum Gasteiger partial charge on any atom is 0.274 e. The lowest BCUT2D eigenvalue weighted by Crippen LogP contribution is -2.40. The van der Waals surface area contributed by atoms with Crippen molar-refractivity contribution >= 4 is 11.7 Å². The lowest BCUT2D eigenvalue weighted by atomic mass is 9.96. The predicted octanol–water partition coefficient (Wildman–Crippen LogP) is 1.71. The lowest BCUT2D eigenvalue weighted by Gasteiger charge is -2.31. The Labute approximate surface area is 180 Å². The second-order valence-electron chi connectivity index (χ2n) is 7.88. The molecule has 0 aliphatic carbocycles. The van der Waals surface area contributed by atoms with Crippen molar-refractivity contribution in [2.24, 2.45) is 5.92 Å². The van der Waals surface area contributed by atoms with Crippen LogP contribution in [0.2, 0.25) is 0 Å². The van der Waals surface area contributed by atoms with Crippen molar-refractivity contribution in [3.05, 3.63) is 64.8 Å². The predicted molar refractivity (Wildman–Crippen MR) is 117 cm³/mol. The zero-order valence-corrected chi connectivity index (χ0v) is 17.7. The van der Waals surface area contributed by atoms with Crippen molar-refractivity contribution in [3.63, 3.8) is 0 Å². The Hall–Kier alpha value is -3.62. The number of carbonyl (C=O) groups is 1. The van der Waals surface area contributed by atoms with Crippen LogP contribution in [0.15, 0.2) is 53.6 Å². The average Bonchev–Trinajstić information content (AvgIpc) is 2.81. The summed E-state index contributed by atoms with van der Waals surface area (Å²) in [6.07, 6.45) is 5.03. The van der Waals surface area contributed by atoms with Gasteiger partial charge >= 0.3 is 0 Å². The van der Waals surface area contributed by atoms with E-state index in [1.807, 2.05) is 31.1 Å². The van der Waals surface area contributed by atoms with Crippen LogP contribution in [0, 0.1) is 5.92 Å². The van der Waals surface area contributed by atoms with E-state index in [1.165, 1.54) is 4.68 Å². The van der Waals surface area contributed by atoms with Crippen LogP contribution in [0.4, 0.5) is 5.82 Å². The van der Waals surface area contributed by atoms with Gasteiger partial charge in [0, 0.05) is 57.8 Å². The second kappa shape index (κ2) is 9.03. The molecule has 9 heteroatoms. The summed E-state index contributed by atoms with van der Waals surface area (Å²) in [5.41, 5.74) is 1.90. The number of piperidine rings is 1. The maximum atomic E-state index is 12.7. The summed E-state index contributed by atoms with van der Waals surface area (Å²) in [7, 11) is 3.76. The zero-order valence-electron chi connectivity index (χ0n) is 17.7. The van der Waals surface area contributed by atoms with Crippen LogP contribution in [0.5, 0.6) is 0 Å². The Bertz CT molecular complexity index is 1090. The topological polar surface area (TPSA) is 97.1 Å². The Balaban J connectivity index is 1.38. The fraction of sp³-hybridized carbons (Fsp3) is 0.364. The molecule has 0 saturated carbocycles. The van der Waals surface area contributed by atoms with Gasteiger partial charge in [0.05, 0.1) is 5.69 Å². The number of pyridine rings is 1. The van der Waals surface area contributed by atoms with E-state index >= 15 is 0 Å². The molecule has 1 aliphatic rings. The molecule has 1 amide bonds. The molecule has 3 aromatic rings. The standard InChI is InChI=1S/C22H25N7O2/c1-27(2)20-5-3-19(24-25-20)22(31)28-13-9-16(10-14-28)15-29-21(30)6-4-18(26-29)17-7-11-23-12-8-17/h3-8,11-12,16H,9-10,13-15H2,1-2H3. The quantitative estimate of drug-likeness (QED) is 0.621. The van der Waals surface area contributed by atoms with Gasteiger partial charge in [-0.2, -0.15) is 5.10 Å². The Morgan fingerprint density at radius 2 is 1.77 bits per heavy atom. The van der Waals surface area contributed by atoms with Gasteiger partial charge in [0.25, 0.3) is 11.5 Å². The van der Waals surface area contributed by atoms with E-state index in [0.717, 1.165) is 24.1 Å². The molecule has 160 valence electrons. The van der Waals surface area contributed by atoms with Crippen molar-refractivity contribution in [3.8, 4) is 11.3 Å². The van der Waals surface area contributed by atoms with Crippen LogP contribution >= 0.6 is 0 Å². The highest BCUT2D eigenvalue weighted by molar-refractivity contribution is 5.92. The molecule has 31 heavy (non-hydrogen) atoms. The van der Waals surface area contributed by atoms with Gasteiger partial charge in [0.2, 0.25) is 0 Å². The highest BCUT2D eigenvalue weighted by Crippen LogP contribution is 2.21. The van der Waals surface area contributed by atoms with E-state index in [2.05, 4.69) is 20.3 Å². The highest BCUT2D eigenvalue weighted by Gasteiger charge is 2.25. The summed E-state index contributed by atoms with van der Waals surface area (Å²) in [6.45, 7) is 1.79. The summed E-state index contributed by atoms with van der Waals surface area (Å²) in [4.78, 5) is 32.7. The maximum absolute atomic E-state index is 12.7. The first-order valence-corrected chi connectivity index (χ1v) is 10.3. The molecule has 1 aliphatic heterocycles. The molecule has 1 saturated heterocycles. The number of hydrogen-bond acceptors (Lipinski definition) is 7. The largest absolute Gasteiger partial charge is 0.361 e. The van der Waals surface area contributed by atoms with E-state index in [9.17, 15) is 9.59 Å². The molecule has 9 nitrogen and oxygen atoms in total. The van der Waals surface area contributed by atoms with Crippen LogP contribution in [-0.2, 0) is 6.54 Å². The van der Waals surface area contributed by atoms with Crippen molar-refractivity contribution in [2.75, 3.05) is 32.1 Å². The third kappa shape index (κ3) is 4.76. The van der Waals surface area contributed by atoms with E-state index in [1.54, 1.807) is 41.6 Å². The Morgan fingerprint density at radius 3 is 2.42 bits per heavy atom. The molecule has 0 spiro atoms. The molecule has 4 rings (SSSR count). The molecule has 0 unspecified atom stereocenters. The molecule has 0 radical (unpaired) electrons. The molecule has 1 fully saturated rings. The third-order valence-electron chi connectivity index (χ3n) is 5.50. The minimum absolute atomic E-state index is 0.105. The van der Waals surface area contributed by atoms with Gasteiger partial charge in [0.1, 0.15) is 0 Å². The highest BCUT2D eigenvalue weighted by atomic mass is 16.2. The van der Waals surface area contributed by atoms with Crippen molar-refractivity contribution < 1.29 is 4.79 Å². The fourth-order valence-electron chi connectivity index (χ4n) is 3.66. The molecular weight excluding hydrogens is 394 g/mol. The minimum Gasteiger partial charge on any atom is -0.361 e. The Kier molecular flexibility index (Phi) is 6.01. The monoisotopic (exact) mass is 419 g/mol. The molecule has 4 heterocycles. The van der Waals surface area contributed by atoms with Gasteiger partial charge in [0.15, 0.2) is 11.5 Å². The van der Waals surface area contributed by atoms with E-state index in [-0.39, 0.29) is 17.4 Å². The van der Waals surface area contributed by atoms with Gasteiger partial charge in [-0.3, -0.25) is 14.6 Å². The molecule has 0 aromatic carbocycles. The van der Waals surface area contributed by atoms with Gasteiger partial charge < -0.3 is 9.80 Å². The molecule has 0 N–H and O–H groups in total. The minimum atomic E-state index is -0.118. The lowest BCUT2D eigenvalue weighted by molar-refractivity contribution is 0.0673. The summed E-state index contributed by atoms with van der Waals surface area (Å²) in [5.74, 6) is 0.887. The van der Waals surface area contributed by atoms with Crippen molar-refractivity contribution in [2.45, 2.75) is 19.4 Å². The number of aromatic nitrogens is 5. The first kappa shape index (κ1) is 20.6. The van der Waals surface area contributed by atoms with Crippen LogP contribution in [-0.4, -0.2) is 63.0 Å². The number of amides is 1. The summed E-state index contributed by atoms with van der Waals surface area (Å²) >= 11 is 0. The number of hydrogen-bond donors (Lipinski definition) is 0. The first-order valence-electron chi connectivity index (χ1n) is 10.3. The van der Waals surface area contributed by atoms with Gasteiger partial charge in [-0.05, 0) is 49.1 Å². The van der Waals surface area contributed by atoms with Crippen LogP contribution < -0.4 is 10.5 Å². The van der Waals surface area contributed by atoms with Crippen LogP contribution in [0.25, 0.3) is 11.3 Å². The van der Waals surface area contributed by atoms with Gasteiger partial charge in [-0.25, -0.2) is 4.68 Å². The fourth-order valence-corrected chi connectivity index (χ4v) is 3.66. The number of rotatable bonds is 5. The molecular formula is C22H25N7O2. The third-order valence-corrected chi connectivity index (χ3v) is 5.50. The summed E-state index contributed by atoms with van der Waals surface area (Å²) in [6, 6.07) is 10.5. The molecule has 3 aromatic heterocycles. The van der Waals surface area contributed by atoms with Gasteiger partial charge in [-0.15, -0.1) is 10.2 Å². The number of anilines is 1. The number of likely N-dealkylation sites (tertiary alicyclic amines) is 1. The molecule has 0 bridgehead atoms. The summed E-state index contributed by atoms with van der Waals surface area (Å²) in [5, 5.41) is 12.7. The normalized spacial score (nSPS) is 14.5. The smallest absolute Gasteiger partial charge is 0.274 e. The summed E-state index contributed by atoms with van der Waals surface area (Å²) < 4.78 is 1.53. The number of carbonyl (C=O) groups excluding carboxylic acids is 1. The van der Waals surface area contributed by atoms with Crippen molar-refractivity contribution in [1.82, 2.24) is 29.9 Å². The van der Waals surface area contributed by atoms with Crippen molar-refractivity contribution in [1.29, 1.82) is 0 Å². The molecule has 0 atom stereocenters. The zero-order chi connectivity index (χ0) is 21.8. The average molecular weight is 419 g/mol. The van der Waals surface area contributed by atoms with Gasteiger partial charge in [-0.1, -0.05) is 0 Å². The second-order valence-corrected chi connectivity index (χ2v) is 7.88. The van der Waals surface area contributed by atoms with E-state index < -0.39 is 0 Å². The van der Waals surface area contributed by atoms with E-state index in [4.69, 9.17) is 0 Å². The van der Waals surface area contributed by atoms with E-state index in [0.29, 0.717) is 31.1 Å². The van der Waals surface area contributed by atoms with Crippen LogP contribution in [0.3, 0.4) is 0 Å². The SMILES string of the molecule is CN(C)c1ccc(C(=O)N2CCC(Cn3nc(-c4ccncc4)ccc3=O)CC2)nn1.